The van der Waals surface area contributed by atoms with E-state index >= 15 is 0 Å². The first-order valence-corrected chi connectivity index (χ1v) is 12.4. The number of benzene rings is 2. The van der Waals surface area contributed by atoms with Gasteiger partial charge in [0.1, 0.15) is 5.82 Å². The summed E-state index contributed by atoms with van der Waals surface area (Å²) in [4.78, 5) is 29.4. The Morgan fingerprint density at radius 1 is 1.15 bits per heavy atom. The lowest BCUT2D eigenvalue weighted by atomic mass is 10.2. The van der Waals surface area contributed by atoms with Crippen LogP contribution in [0, 0.1) is 0 Å². The number of carbonyl (C=O) groups is 1. The second kappa shape index (κ2) is 12.1. The highest BCUT2D eigenvalue weighted by atomic mass is 79.9. The number of fused-ring (bicyclic) bond motifs is 1. The molecule has 34 heavy (non-hydrogen) atoms. The first-order valence-electron chi connectivity index (χ1n) is 10.8. The van der Waals surface area contributed by atoms with Crippen LogP contribution in [-0.4, -0.2) is 42.2 Å². The molecule has 1 aromatic heterocycles. The minimum atomic E-state index is -0.501. The van der Waals surface area contributed by atoms with Gasteiger partial charge in [0, 0.05) is 20.9 Å². The largest absolute Gasteiger partial charge is 0.490 e. The van der Waals surface area contributed by atoms with E-state index in [0.717, 1.165) is 17.3 Å². The topological polar surface area (TPSA) is 92.0 Å². The van der Waals surface area contributed by atoms with Crippen molar-refractivity contribution in [2.75, 3.05) is 20.3 Å². The van der Waals surface area contributed by atoms with E-state index in [9.17, 15) is 9.59 Å². The first kappa shape index (κ1) is 25.9. The van der Waals surface area contributed by atoms with E-state index in [0.29, 0.717) is 51.3 Å². The average molecular weight is 595 g/mol. The quantitative estimate of drug-likeness (QED) is 0.240. The van der Waals surface area contributed by atoms with Crippen LogP contribution in [0.25, 0.3) is 10.9 Å². The molecule has 3 aromatic rings. The predicted octanol–water partition coefficient (Wildman–Crippen LogP) is 5.10. The first-order chi connectivity index (χ1) is 16.4. The molecule has 0 amide bonds. The molecule has 0 bridgehead atoms. The lowest BCUT2D eigenvalue weighted by Gasteiger charge is -2.13. The number of nitrogens with zero attached hydrogens (tertiary/aromatic N) is 3. The van der Waals surface area contributed by atoms with E-state index in [1.54, 1.807) is 24.4 Å². The molecule has 0 unspecified atom stereocenters. The molecule has 10 heteroatoms. The Bertz CT molecular complexity index is 1270. The summed E-state index contributed by atoms with van der Waals surface area (Å²) in [5, 5.41) is 4.97. The third-order valence-corrected chi connectivity index (χ3v) is 6.06. The molecule has 0 aliphatic carbocycles. The maximum absolute atomic E-state index is 13.3. The summed E-state index contributed by atoms with van der Waals surface area (Å²) < 4.78 is 18.6. The van der Waals surface area contributed by atoms with Crippen LogP contribution < -0.4 is 15.0 Å². The zero-order valence-electron chi connectivity index (χ0n) is 19.1. The molecule has 0 saturated heterocycles. The van der Waals surface area contributed by atoms with Crippen LogP contribution in [0.3, 0.4) is 0 Å². The molecule has 0 spiro atoms. The molecule has 1 heterocycles. The van der Waals surface area contributed by atoms with Gasteiger partial charge in [0.2, 0.25) is 0 Å². The van der Waals surface area contributed by atoms with Crippen molar-refractivity contribution in [3.05, 3.63) is 61.0 Å². The van der Waals surface area contributed by atoms with E-state index in [-0.39, 0.29) is 12.2 Å². The molecule has 0 atom stereocenters. The van der Waals surface area contributed by atoms with Gasteiger partial charge < -0.3 is 14.2 Å². The Hall–Kier alpha value is -2.72. The molecule has 0 aliphatic rings. The Balaban J connectivity index is 2.04. The van der Waals surface area contributed by atoms with Crippen LogP contribution in [-0.2, 0) is 16.0 Å². The van der Waals surface area contributed by atoms with E-state index < -0.39 is 5.97 Å². The van der Waals surface area contributed by atoms with E-state index in [2.05, 4.69) is 53.6 Å². The van der Waals surface area contributed by atoms with Gasteiger partial charge in [0.15, 0.2) is 18.1 Å². The van der Waals surface area contributed by atoms with Gasteiger partial charge >= 0.3 is 5.97 Å². The zero-order valence-corrected chi connectivity index (χ0v) is 22.3. The van der Waals surface area contributed by atoms with Crippen molar-refractivity contribution in [3.8, 4) is 11.5 Å². The van der Waals surface area contributed by atoms with Gasteiger partial charge in [-0.15, -0.1) is 0 Å². The van der Waals surface area contributed by atoms with Crippen LogP contribution in [0.15, 0.2) is 49.2 Å². The number of unbranched alkanes of at least 4 members (excludes halogenated alkanes) is 1. The molecule has 180 valence electrons. The molecule has 0 N–H and O–H groups in total. The maximum Gasteiger partial charge on any atom is 0.343 e. The summed E-state index contributed by atoms with van der Waals surface area (Å²) >= 11 is 6.92. The average Bonchev–Trinajstić information content (AvgIpc) is 2.83. The normalized spacial score (nSPS) is 11.2. The highest BCUT2D eigenvalue weighted by Crippen LogP contribution is 2.33. The summed E-state index contributed by atoms with van der Waals surface area (Å²) in [5.41, 5.74) is 1.06. The summed E-state index contributed by atoms with van der Waals surface area (Å²) in [6.45, 7) is 4.08. The van der Waals surface area contributed by atoms with Crippen LogP contribution in [0.5, 0.6) is 11.5 Å². The predicted molar refractivity (Wildman–Crippen MR) is 138 cm³/mol. The monoisotopic (exact) mass is 593 g/mol. The molecule has 0 fully saturated rings. The molecule has 8 nitrogen and oxygen atoms in total. The van der Waals surface area contributed by atoms with Crippen LogP contribution >= 0.6 is 31.9 Å². The van der Waals surface area contributed by atoms with Crippen molar-refractivity contribution in [2.24, 2.45) is 5.10 Å². The number of esters is 1. The standard InChI is InChI=1S/C24H25Br2N3O5/c1-4-6-7-22-28-19-9-8-16(25)11-17(19)24(31)29(22)27-13-15-10-20(33-5-2)21(12-18(15)26)34-14-23(30)32-3/h8-13H,4-7,14H2,1-3H3. The van der Waals surface area contributed by atoms with Gasteiger partial charge in [-0.1, -0.05) is 29.3 Å². The second-order valence-electron chi connectivity index (χ2n) is 7.27. The smallest absolute Gasteiger partial charge is 0.343 e. The Morgan fingerprint density at radius 3 is 2.62 bits per heavy atom. The molecule has 0 aliphatic heterocycles. The van der Waals surface area contributed by atoms with Gasteiger partial charge in [0.25, 0.3) is 5.56 Å². The third-order valence-electron chi connectivity index (χ3n) is 4.88. The molecule has 0 saturated carbocycles. The molecule has 3 rings (SSSR count). The van der Waals surface area contributed by atoms with Crippen LogP contribution in [0.2, 0.25) is 0 Å². The fourth-order valence-corrected chi connectivity index (χ4v) is 3.94. The van der Waals surface area contributed by atoms with Gasteiger partial charge in [0.05, 0.1) is 30.8 Å². The van der Waals surface area contributed by atoms with Crippen LogP contribution in [0.1, 0.15) is 38.1 Å². The molecular weight excluding hydrogens is 570 g/mol. The molecular formula is C24H25Br2N3O5. The number of methoxy groups -OCH3 is 1. The third kappa shape index (κ3) is 6.24. The number of hydrogen-bond acceptors (Lipinski definition) is 7. The fraction of sp³-hybridized carbons (Fsp3) is 0.333. The Labute approximate surface area is 214 Å². The lowest BCUT2D eigenvalue weighted by Crippen LogP contribution is -2.22. The Morgan fingerprint density at radius 2 is 1.91 bits per heavy atom. The van der Waals surface area contributed by atoms with Crippen molar-refractivity contribution < 1.29 is 19.0 Å². The van der Waals surface area contributed by atoms with Crippen molar-refractivity contribution in [3.63, 3.8) is 0 Å². The number of hydrogen-bond donors (Lipinski definition) is 0. The number of halogens is 2. The number of aryl methyl sites for hydroxylation is 1. The van der Waals surface area contributed by atoms with Gasteiger partial charge in [-0.05, 0) is 59.6 Å². The zero-order chi connectivity index (χ0) is 24.7. The van der Waals surface area contributed by atoms with Crippen molar-refractivity contribution in [1.82, 2.24) is 9.66 Å². The number of aromatic nitrogens is 2. The Kier molecular flexibility index (Phi) is 9.23. The number of carbonyl (C=O) groups excluding carboxylic acids is 1. The molecule has 2 aromatic carbocycles. The summed E-state index contributed by atoms with van der Waals surface area (Å²) in [6, 6.07) is 8.85. The summed E-state index contributed by atoms with van der Waals surface area (Å²) in [7, 11) is 1.29. The van der Waals surface area contributed by atoms with E-state index in [1.807, 2.05) is 19.1 Å². The molecule has 0 radical (unpaired) electrons. The van der Waals surface area contributed by atoms with Crippen molar-refractivity contribution >= 4 is 54.9 Å². The van der Waals surface area contributed by atoms with Gasteiger partial charge in [-0.25, -0.2) is 9.78 Å². The van der Waals surface area contributed by atoms with E-state index in [4.69, 9.17) is 9.47 Å². The van der Waals surface area contributed by atoms with Gasteiger partial charge in [-0.2, -0.15) is 9.78 Å². The highest BCUT2D eigenvalue weighted by Gasteiger charge is 2.14. The maximum atomic E-state index is 13.3. The van der Waals surface area contributed by atoms with Crippen molar-refractivity contribution in [1.29, 1.82) is 0 Å². The van der Waals surface area contributed by atoms with Crippen molar-refractivity contribution in [2.45, 2.75) is 33.1 Å². The SMILES string of the molecule is CCCCc1nc2ccc(Br)cc2c(=O)n1N=Cc1cc(OCC)c(OCC(=O)OC)cc1Br. The fourth-order valence-electron chi connectivity index (χ4n) is 3.16. The summed E-state index contributed by atoms with van der Waals surface area (Å²) in [5.74, 6) is 0.917. The van der Waals surface area contributed by atoms with Gasteiger partial charge in [-0.3, -0.25) is 4.79 Å². The highest BCUT2D eigenvalue weighted by molar-refractivity contribution is 9.10. The number of ether oxygens (including phenoxy) is 3. The second-order valence-corrected chi connectivity index (χ2v) is 9.04. The minimum absolute atomic E-state index is 0.243. The number of rotatable bonds is 10. The minimum Gasteiger partial charge on any atom is -0.490 e. The van der Waals surface area contributed by atoms with E-state index in [1.165, 1.54) is 11.8 Å². The summed E-state index contributed by atoms with van der Waals surface area (Å²) in [6.07, 6.45) is 4.04. The lowest BCUT2D eigenvalue weighted by molar-refractivity contribution is -0.142. The van der Waals surface area contributed by atoms with Crippen LogP contribution in [0.4, 0.5) is 0 Å².